The predicted molar refractivity (Wildman–Crippen MR) is 135 cm³/mol. The number of ether oxygens (including phenoxy) is 1. The Kier molecular flexibility index (Phi) is 8.91. The van der Waals surface area contributed by atoms with Crippen LogP contribution in [0.15, 0.2) is 72.6 Å². The molecule has 0 bridgehead atoms. The molecule has 1 N–H and O–H groups in total. The Hall–Kier alpha value is -3.72. The molecular formula is C28H34N4O2. The molecule has 178 valence electrons. The van der Waals surface area contributed by atoms with Gasteiger partial charge in [0.05, 0.1) is 35.6 Å². The third-order valence-corrected chi connectivity index (χ3v) is 6.12. The Morgan fingerprint density at radius 1 is 1.26 bits per heavy atom. The van der Waals surface area contributed by atoms with Crippen LogP contribution in [-0.4, -0.2) is 22.5 Å². The lowest BCUT2D eigenvalue weighted by molar-refractivity contribution is -0.125. The quantitative estimate of drug-likeness (QED) is 0.417. The largest absolute Gasteiger partial charge is 0.489 e. The summed E-state index contributed by atoms with van der Waals surface area (Å²) in [4.78, 5) is 21.9. The number of amides is 1. The molecule has 1 aliphatic carbocycles. The van der Waals surface area contributed by atoms with Crippen LogP contribution in [-0.2, 0) is 10.2 Å². The summed E-state index contributed by atoms with van der Waals surface area (Å²) >= 11 is 0. The number of aryl methyl sites for hydroxylation is 2. The normalized spacial score (nSPS) is 21.4. The van der Waals surface area contributed by atoms with Crippen molar-refractivity contribution in [3.63, 3.8) is 0 Å². The number of nitrogens with zero attached hydrogens (tertiary/aromatic N) is 3. The highest BCUT2D eigenvalue weighted by Crippen LogP contribution is 2.64. The molecule has 6 heteroatoms. The van der Waals surface area contributed by atoms with E-state index in [9.17, 15) is 4.79 Å². The van der Waals surface area contributed by atoms with Crippen LogP contribution in [0.2, 0.25) is 0 Å². The maximum Gasteiger partial charge on any atom is 0.231 e. The van der Waals surface area contributed by atoms with Crippen LogP contribution in [0.1, 0.15) is 51.2 Å². The van der Waals surface area contributed by atoms with Gasteiger partial charge in [-0.05, 0) is 51.8 Å². The maximum absolute atomic E-state index is 13.3. The predicted octanol–water partition coefficient (Wildman–Crippen LogP) is 5.50. The number of benzene rings is 1. The average Bonchev–Trinajstić information content (AvgIpc) is 3.48. The summed E-state index contributed by atoms with van der Waals surface area (Å²) in [6, 6.07) is 12.0. The van der Waals surface area contributed by atoms with E-state index in [2.05, 4.69) is 21.9 Å². The summed E-state index contributed by atoms with van der Waals surface area (Å²) in [6.45, 7) is 15.4. The van der Waals surface area contributed by atoms with Gasteiger partial charge in [-0.2, -0.15) is 5.26 Å². The summed E-state index contributed by atoms with van der Waals surface area (Å²) in [5.74, 6) is 1.23. The summed E-state index contributed by atoms with van der Waals surface area (Å²) < 4.78 is 6.16. The van der Waals surface area contributed by atoms with Crippen LogP contribution in [0, 0.1) is 30.6 Å². The molecule has 6 nitrogen and oxygen atoms in total. The number of aromatic nitrogens is 2. The van der Waals surface area contributed by atoms with Crippen molar-refractivity contribution in [2.75, 3.05) is 6.61 Å². The first-order chi connectivity index (χ1) is 16.3. The summed E-state index contributed by atoms with van der Waals surface area (Å²) in [5, 5.41) is 12.0. The molecule has 1 heterocycles. The number of nitrogens with one attached hydrogen (secondary N) is 1. The monoisotopic (exact) mass is 458 g/mol. The molecule has 3 rings (SSSR count). The molecule has 0 spiro atoms. The molecule has 0 aliphatic heterocycles. The molecule has 0 radical (unpaired) electrons. The van der Waals surface area contributed by atoms with Gasteiger partial charge in [-0.25, -0.2) is 9.97 Å². The average molecular weight is 459 g/mol. The maximum atomic E-state index is 13.3. The van der Waals surface area contributed by atoms with Gasteiger partial charge in [-0.1, -0.05) is 56.8 Å². The Labute approximate surface area is 203 Å². The van der Waals surface area contributed by atoms with E-state index >= 15 is 0 Å². The lowest BCUT2D eigenvalue weighted by Crippen LogP contribution is -2.36. The standard InChI is InChI=1S/C26H28N4O2.C2H6/c1-6-21(14-27)13-12-18(2)29-24(31)25(5)16-26(25,22-10-8-7-9-11-22)17-32-23-15-28-20(4)30-19(23)3;1-2/h6-13,15H,1,16-17H2,2-5H3,(H,29,31);1-2H3/b18-12+,21-13+;/t25?,26-;/m1./s1. The van der Waals surface area contributed by atoms with Gasteiger partial charge in [0, 0.05) is 11.1 Å². The summed E-state index contributed by atoms with van der Waals surface area (Å²) in [5.41, 5.74) is 1.80. The van der Waals surface area contributed by atoms with Crippen molar-refractivity contribution in [2.45, 2.75) is 53.4 Å². The van der Waals surface area contributed by atoms with Crippen LogP contribution >= 0.6 is 0 Å². The van der Waals surface area contributed by atoms with Crippen LogP contribution in [0.4, 0.5) is 0 Å². The highest BCUT2D eigenvalue weighted by molar-refractivity contribution is 5.90. The van der Waals surface area contributed by atoms with Crippen molar-refractivity contribution in [3.05, 3.63) is 89.7 Å². The Morgan fingerprint density at radius 3 is 2.53 bits per heavy atom. The summed E-state index contributed by atoms with van der Waals surface area (Å²) in [6.07, 6.45) is 7.15. The van der Waals surface area contributed by atoms with E-state index in [1.807, 2.05) is 71.0 Å². The number of carbonyl (C=O) groups excluding carboxylic acids is 1. The molecule has 1 aromatic heterocycles. The second-order valence-corrected chi connectivity index (χ2v) is 8.35. The van der Waals surface area contributed by atoms with E-state index < -0.39 is 10.8 Å². The SMILES string of the molecule is C=C/C(C#N)=C\C=C(/C)NC(=O)C1(C)C[C@@]1(COc1cnc(C)nc1C)c1ccccc1.CC. The van der Waals surface area contributed by atoms with Gasteiger partial charge in [0.25, 0.3) is 0 Å². The first-order valence-electron chi connectivity index (χ1n) is 11.5. The molecule has 1 unspecified atom stereocenters. The van der Waals surface area contributed by atoms with Crippen LogP contribution in [0.25, 0.3) is 0 Å². The van der Waals surface area contributed by atoms with Crippen molar-refractivity contribution >= 4 is 5.91 Å². The summed E-state index contributed by atoms with van der Waals surface area (Å²) in [7, 11) is 0. The van der Waals surface area contributed by atoms with E-state index in [1.165, 1.54) is 6.08 Å². The van der Waals surface area contributed by atoms with E-state index in [0.717, 1.165) is 11.3 Å². The zero-order valence-electron chi connectivity index (χ0n) is 21.0. The molecule has 1 aromatic carbocycles. The highest BCUT2D eigenvalue weighted by Gasteiger charge is 2.70. The Morgan fingerprint density at radius 2 is 1.94 bits per heavy atom. The minimum absolute atomic E-state index is 0.0823. The van der Waals surface area contributed by atoms with Crippen molar-refractivity contribution in [3.8, 4) is 11.8 Å². The lowest BCUT2D eigenvalue weighted by Gasteiger charge is -2.24. The third kappa shape index (κ3) is 5.60. The van der Waals surface area contributed by atoms with Gasteiger partial charge in [-0.15, -0.1) is 0 Å². The van der Waals surface area contributed by atoms with Gasteiger partial charge in [0.1, 0.15) is 5.82 Å². The number of hydrogen-bond acceptors (Lipinski definition) is 5. The van der Waals surface area contributed by atoms with Gasteiger partial charge in [0.2, 0.25) is 5.91 Å². The molecule has 2 aromatic rings. The molecule has 34 heavy (non-hydrogen) atoms. The van der Waals surface area contributed by atoms with Gasteiger partial charge >= 0.3 is 0 Å². The fraction of sp³-hybridized carbons (Fsp3) is 0.357. The minimum Gasteiger partial charge on any atom is -0.489 e. The van der Waals surface area contributed by atoms with E-state index in [-0.39, 0.29) is 5.91 Å². The van der Waals surface area contributed by atoms with Gasteiger partial charge in [0.15, 0.2) is 5.75 Å². The Balaban J connectivity index is 0.00000199. The number of allylic oxidation sites excluding steroid dienone is 5. The topological polar surface area (TPSA) is 87.9 Å². The molecular weight excluding hydrogens is 424 g/mol. The highest BCUT2D eigenvalue weighted by atomic mass is 16.5. The Bertz CT molecular complexity index is 1130. The second kappa shape index (κ2) is 11.4. The number of hydrogen-bond donors (Lipinski definition) is 1. The molecule has 1 amide bonds. The number of rotatable bonds is 8. The van der Waals surface area contributed by atoms with Gasteiger partial charge in [-0.3, -0.25) is 4.79 Å². The number of nitriles is 1. The van der Waals surface area contributed by atoms with Crippen LogP contribution in [0.5, 0.6) is 5.75 Å². The zero-order chi connectivity index (χ0) is 25.4. The van der Waals surface area contributed by atoms with Gasteiger partial charge < -0.3 is 10.1 Å². The minimum atomic E-state index is -0.650. The van der Waals surface area contributed by atoms with E-state index in [4.69, 9.17) is 10.00 Å². The zero-order valence-corrected chi connectivity index (χ0v) is 21.0. The van der Waals surface area contributed by atoms with Crippen molar-refractivity contribution in [1.29, 1.82) is 5.26 Å². The van der Waals surface area contributed by atoms with Crippen molar-refractivity contribution in [1.82, 2.24) is 15.3 Å². The molecule has 1 saturated carbocycles. The molecule has 1 fully saturated rings. The first-order valence-corrected chi connectivity index (χ1v) is 11.5. The van der Waals surface area contributed by atoms with Crippen LogP contribution in [0.3, 0.4) is 0 Å². The van der Waals surface area contributed by atoms with Crippen molar-refractivity contribution in [2.24, 2.45) is 5.41 Å². The number of carbonyl (C=O) groups is 1. The van der Waals surface area contributed by atoms with E-state index in [1.54, 1.807) is 25.3 Å². The molecule has 0 saturated heterocycles. The third-order valence-electron chi connectivity index (χ3n) is 6.12. The van der Waals surface area contributed by atoms with Crippen LogP contribution < -0.4 is 10.1 Å². The first kappa shape index (κ1) is 26.5. The molecule has 1 aliphatic rings. The van der Waals surface area contributed by atoms with E-state index in [0.29, 0.717) is 35.9 Å². The second-order valence-electron chi connectivity index (χ2n) is 8.35. The fourth-order valence-electron chi connectivity index (χ4n) is 3.97. The van der Waals surface area contributed by atoms with Crippen molar-refractivity contribution < 1.29 is 9.53 Å². The molecule has 2 atom stereocenters. The lowest BCUT2D eigenvalue weighted by atomic mass is 9.87. The fourth-order valence-corrected chi connectivity index (χ4v) is 3.97. The smallest absolute Gasteiger partial charge is 0.231 e.